The standard InChI is InChI=1S/C11H14N4S/c1-7-2-3-8(16-7)6-14-10-5-4-9(12)11(13)15-10/h2-5H,6,12H2,1H3,(H3,13,14,15). The molecule has 2 heterocycles. The molecule has 0 aliphatic heterocycles. The number of rotatable bonds is 3. The summed E-state index contributed by atoms with van der Waals surface area (Å²) in [6.07, 6.45) is 0. The van der Waals surface area contributed by atoms with E-state index >= 15 is 0 Å². The Labute approximate surface area is 98.3 Å². The van der Waals surface area contributed by atoms with Crippen LogP contribution in [0.1, 0.15) is 9.75 Å². The molecule has 0 radical (unpaired) electrons. The lowest BCUT2D eigenvalue weighted by Gasteiger charge is -2.05. The van der Waals surface area contributed by atoms with Crippen LogP contribution < -0.4 is 16.8 Å². The minimum Gasteiger partial charge on any atom is -0.396 e. The second-order valence-electron chi connectivity index (χ2n) is 3.54. The van der Waals surface area contributed by atoms with Gasteiger partial charge in [-0.05, 0) is 31.2 Å². The zero-order valence-electron chi connectivity index (χ0n) is 9.03. The first-order valence-electron chi connectivity index (χ1n) is 4.96. The summed E-state index contributed by atoms with van der Waals surface area (Å²) in [5, 5.41) is 3.21. The molecule has 84 valence electrons. The summed E-state index contributed by atoms with van der Waals surface area (Å²) < 4.78 is 0. The summed E-state index contributed by atoms with van der Waals surface area (Å²) in [6, 6.07) is 7.79. The number of aryl methyl sites for hydroxylation is 1. The first-order chi connectivity index (χ1) is 7.65. The zero-order valence-corrected chi connectivity index (χ0v) is 9.84. The fourth-order valence-corrected chi connectivity index (χ4v) is 2.17. The van der Waals surface area contributed by atoms with E-state index < -0.39 is 0 Å². The molecule has 0 saturated heterocycles. The van der Waals surface area contributed by atoms with E-state index in [1.165, 1.54) is 9.75 Å². The van der Waals surface area contributed by atoms with Crippen LogP contribution in [0.2, 0.25) is 0 Å². The van der Waals surface area contributed by atoms with Gasteiger partial charge in [-0.25, -0.2) is 4.98 Å². The quantitative estimate of drug-likeness (QED) is 0.761. The predicted molar refractivity (Wildman–Crippen MR) is 69.4 cm³/mol. The van der Waals surface area contributed by atoms with Crippen molar-refractivity contribution in [3.63, 3.8) is 0 Å². The van der Waals surface area contributed by atoms with Crippen LogP contribution in [0.5, 0.6) is 0 Å². The lowest BCUT2D eigenvalue weighted by molar-refractivity contribution is 1.15. The van der Waals surface area contributed by atoms with Crippen LogP contribution >= 0.6 is 11.3 Å². The molecule has 5 N–H and O–H groups in total. The van der Waals surface area contributed by atoms with Gasteiger partial charge in [-0.2, -0.15) is 0 Å². The molecule has 0 atom stereocenters. The predicted octanol–water partition coefficient (Wildman–Crippen LogP) is 2.23. The van der Waals surface area contributed by atoms with E-state index in [9.17, 15) is 0 Å². The lowest BCUT2D eigenvalue weighted by Crippen LogP contribution is -2.03. The van der Waals surface area contributed by atoms with Crippen molar-refractivity contribution in [2.24, 2.45) is 0 Å². The second-order valence-corrected chi connectivity index (χ2v) is 4.91. The summed E-state index contributed by atoms with van der Waals surface area (Å²) in [4.78, 5) is 6.72. The molecule has 0 aromatic carbocycles. The summed E-state index contributed by atoms with van der Waals surface area (Å²) in [6.45, 7) is 2.85. The van der Waals surface area contributed by atoms with Gasteiger partial charge in [-0.15, -0.1) is 11.3 Å². The third kappa shape index (κ3) is 2.43. The minimum absolute atomic E-state index is 0.368. The van der Waals surface area contributed by atoms with Crippen LogP contribution in [-0.2, 0) is 6.54 Å². The summed E-state index contributed by atoms with van der Waals surface area (Å²) in [7, 11) is 0. The average molecular weight is 234 g/mol. The Kier molecular flexibility index (Phi) is 2.96. The smallest absolute Gasteiger partial charge is 0.149 e. The third-order valence-electron chi connectivity index (χ3n) is 2.20. The highest BCUT2D eigenvalue weighted by atomic mass is 32.1. The average Bonchev–Trinajstić information content (AvgIpc) is 2.66. The Balaban J connectivity index is 2.02. The Hall–Kier alpha value is -1.75. The van der Waals surface area contributed by atoms with Crippen molar-refractivity contribution >= 4 is 28.7 Å². The number of nitrogen functional groups attached to an aromatic ring is 2. The largest absolute Gasteiger partial charge is 0.396 e. The van der Waals surface area contributed by atoms with Crippen molar-refractivity contribution in [2.75, 3.05) is 16.8 Å². The van der Waals surface area contributed by atoms with Crippen molar-refractivity contribution in [2.45, 2.75) is 13.5 Å². The van der Waals surface area contributed by atoms with Crippen molar-refractivity contribution in [1.82, 2.24) is 4.98 Å². The normalized spacial score (nSPS) is 10.3. The number of nitrogens with two attached hydrogens (primary N) is 2. The SMILES string of the molecule is Cc1ccc(CNc2ccc(N)c(N)n2)s1. The molecule has 0 saturated carbocycles. The maximum atomic E-state index is 5.62. The first kappa shape index (κ1) is 10.8. The van der Waals surface area contributed by atoms with E-state index in [1.807, 2.05) is 6.07 Å². The highest BCUT2D eigenvalue weighted by Crippen LogP contribution is 2.18. The van der Waals surface area contributed by atoms with Crippen molar-refractivity contribution in [3.8, 4) is 0 Å². The molecular weight excluding hydrogens is 220 g/mol. The number of anilines is 3. The van der Waals surface area contributed by atoms with Crippen LogP contribution in [0.15, 0.2) is 24.3 Å². The van der Waals surface area contributed by atoms with E-state index in [0.29, 0.717) is 11.5 Å². The number of nitrogens with one attached hydrogen (secondary N) is 1. The van der Waals surface area contributed by atoms with E-state index in [1.54, 1.807) is 17.4 Å². The number of aromatic nitrogens is 1. The molecule has 0 amide bonds. The Bertz CT molecular complexity index is 492. The molecule has 16 heavy (non-hydrogen) atoms. The van der Waals surface area contributed by atoms with Gasteiger partial charge in [0.2, 0.25) is 0 Å². The van der Waals surface area contributed by atoms with Crippen molar-refractivity contribution in [1.29, 1.82) is 0 Å². The highest BCUT2D eigenvalue weighted by molar-refractivity contribution is 7.11. The van der Waals surface area contributed by atoms with Gasteiger partial charge in [0.25, 0.3) is 0 Å². The molecule has 0 aliphatic carbocycles. The van der Waals surface area contributed by atoms with Gasteiger partial charge in [0, 0.05) is 9.75 Å². The number of nitrogens with zero attached hydrogens (tertiary/aromatic N) is 1. The highest BCUT2D eigenvalue weighted by Gasteiger charge is 2.00. The van der Waals surface area contributed by atoms with Crippen molar-refractivity contribution < 1.29 is 0 Å². The molecule has 2 aromatic rings. The van der Waals surface area contributed by atoms with Gasteiger partial charge in [-0.1, -0.05) is 0 Å². The molecule has 4 nitrogen and oxygen atoms in total. The maximum Gasteiger partial charge on any atom is 0.149 e. The summed E-state index contributed by atoms with van der Waals surface area (Å²) >= 11 is 1.77. The molecule has 2 rings (SSSR count). The third-order valence-corrected chi connectivity index (χ3v) is 3.20. The number of hydrogen-bond donors (Lipinski definition) is 3. The van der Waals surface area contributed by atoms with E-state index in [0.717, 1.165) is 12.4 Å². The van der Waals surface area contributed by atoms with Crippen LogP contribution in [0.3, 0.4) is 0 Å². The zero-order chi connectivity index (χ0) is 11.5. The first-order valence-corrected chi connectivity index (χ1v) is 5.78. The topological polar surface area (TPSA) is 77.0 Å². The fourth-order valence-electron chi connectivity index (χ4n) is 1.34. The number of hydrogen-bond acceptors (Lipinski definition) is 5. The molecule has 5 heteroatoms. The molecule has 0 fully saturated rings. The van der Waals surface area contributed by atoms with Crippen LogP contribution in [0.4, 0.5) is 17.3 Å². The minimum atomic E-state index is 0.368. The molecule has 0 aliphatic rings. The Morgan fingerprint density at radius 1 is 1.25 bits per heavy atom. The molecule has 2 aromatic heterocycles. The van der Waals surface area contributed by atoms with Crippen LogP contribution in [0, 0.1) is 6.92 Å². The molecule has 0 bridgehead atoms. The van der Waals surface area contributed by atoms with Crippen LogP contribution in [-0.4, -0.2) is 4.98 Å². The molecule has 0 unspecified atom stereocenters. The van der Waals surface area contributed by atoms with Crippen LogP contribution in [0.25, 0.3) is 0 Å². The van der Waals surface area contributed by atoms with Gasteiger partial charge in [0.1, 0.15) is 11.6 Å². The lowest BCUT2D eigenvalue weighted by atomic mass is 10.3. The van der Waals surface area contributed by atoms with E-state index in [-0.39, 0.29) is 0 Å². The number of thiophene rings is 1. The fraction of sp³-hybridized carbons (Fsp3) is 0.182. The summed E-state index contributed by atoms with van der Waals surface area (Å²) in [5.74, 6) is 1.12. The number of pyridine rings is 1. The monoisotopic (exact) mass is 234 g/mol. The van der Waals surface area contributed by atoms with Gasteiger partial charge in [0.15, 0.2) is 0 Å². The van der Waals surface area contributed by atoms with Gasteiger partial charge in [0.05, 0.1) is 12.2 Å². The van der Waals surface area contributed by atoms with Crippen molar-refractivity contribution in [3.05, 3.63) is 34.0 Å². The van der Waals surface area contributed by atoms with E-state index in [2.05, 4.69) is 29.4 Å². The molecule has 0 spiro atoms. The van der Waals surface area contributed by atoms with Gasteiger partial charge >= 0.3 is 0 Å². The van der Waals surface area contributed by atoms with E-state index in [4.69, 9.17) is 11.5 Å². The maximum absolute atomic E-state index is 5.62. The Morgan fingerprint density at radius 3 is 2.69 bits per heavy atom. The summed E-state index contributed by atoms with van der Waals surface area (Å²) in [5.41, 5.74) is 11.7. The van der Waals surface area contributed by atoms with Gasteiger partial charge < -0.3 is 16.8 Å². The second kappa shape index (κ2) is 4.40. The molecular formula is C11H14N4S. The Morgan fingerprint density at radius 2 is 2.06 bits per heavy atom. The van der Waals surface area contributed by atoms with Gasteiger partial charge in [-0.3, -0.25) is 0 Å².